The van der Waals surface area contributed by atoms with Crippen LogP contribution in [0.5, 0.6) is 0 Å². The highest BCUT2D eigenvalue weighted by Gasteiger charge is 2.20. The highest BCUT2D eigenvalue weighted by Crippen LogP contribution is 2.24. The molecule has 116 valence electrons. The summed E-state index contributed by atoms with van der Waals surface area (Å²) in [4.78, 5) is 27.7. The van der Waals surface area contributed by atoms with Gasteiger partial charge in [-0.25, -0.2) is 9.59 Å². The summed E-state index contributed by atoms with van der Waals surface area (Å²) in [6.07, 6.45) is 0. The number of aromatic carboxylic acids is 1. The molecule has 0 unspecified atom stereocenters. The molecule has 0 aliphatic rings. The van der Waals surface area contributed by atoms with Crippen LogP contribution in [-0.4, -0.2) is 34.3 Å². The lowest BCUT2D eigenvalue weighted by Gasteiger charge is -2.14. The van der Waals surface area contributed by atoms with Crippen LogP contribution in [0.1, 0.15) is 16.1 Å². The monoisotopic (exact) mass is 322 g/mol. The molecule has 0 aliphatic heterocycles. The number of carboxylic acids is 1. The number of rotatable bonds is 5. The van der Waals surface area contributed by atoms with Crippen molar-refractivity contribution in [2.24, 2.45) is 0 Å². The van der Waals surface area contributed by atoms with Gasteiger partial charge in [-0.2, -0.15) is 4.98 Å². The van der Waals surface area contributed by atoms with Crippen molar-refractivity contribution < 1.29 is 14.6 Å². The van der Waals surface area contributed by atoms with Gasteiger partial charge < -0.3 is 9.84 Å². The van der Waals surface area contributed by atoms with Gasteiger partial charge in [-0.1, -0.05) is 23.7 Å². The van der Waals surface area contributed by atoms with Gasteiger partial charge >= 0.3 is 11.7 Å². The Hall–Kier alpha value is -2.18. The number of methoxy groups -OCH3 is 1. The SMILES string of the molecule is COCCn1c(C)c(C(=O)O)c(-c2ccc(Cl)cc2)nc1=O. The third-order valence-electron chi connectivity index (χ3n) is 3.29. The number of nitrogens with zero attached hydrogens (tertiary/aromatic N) is 2. The molecule has 1 N–H and O–H groups in total. The van der Waals surface area contributed by atoms with E-state index in [4.69, 9.17) is 16.3 Å². The van der Waals surface area contributed by atoms with Crippen LogP contribution in [0.2, 0.25) is 5.02 Å². The summed E-state index contributed by atoms with van der Waals surface area (Å²) in [6.45, 7) is 2.12. The molecule has 1 heterocycles. The van der Waals surface area contributed by atoms with Gasteiger partial charge in [-0.3, -0.25) is 4.57 Å². The maximum Gasteiger partial charge on any atom is 0.348 e. The van der Waals surface area contributed by atoms with Gasteiger partial charge in [0.1, 0.15) is 5.56 Å². The average molecular weight is 323 g/mol. The van der Waals surface area contributed by atoms with Crippen LogP contribution in [0.15, 0.2) is 29.1 Å². The van der Waals surface area contributed by atoms with Crippen LogP contribution in [0.25, 0.3) is 11.3 Å². The molecule has 0 radical (unpaired) electrons. The smallest absolute Gasteiger partial charge is 0.348 e. The molecule has 2 aromatic rings. The first kappa shape index (κ1) is 16.2. The number of carbonyl (C=O) groups is 1. The van der Waals surface area contributed by atoms with Gasteiger partial charge in [0.05, 0.1) is 18.8 Å². The summed E-state index contributed by atoms with van der Waals surface area (Å²) >= 11 is 5.83. The molecule has 22 heavy (non-hydrogen) atoms. The molecular weight excluding hydrogens is 308 g/mol. The van der Waals surface area contributed by atoms with E-state index in [1.54, 1.807) is 31.2 Å². The highest BCUT2D eigenvalue weighted by molar-refractivity contribution is 6.30. The Balaban J connectivity index is 2.67. The fourth-order valence-electron chi connectivity index (χ4n) is 2.18. The molecule has 2 rings (SSSR count). The van der Waals surface area contributed by atoms with Crippen molar-refractivity contribution in [3.05, 3.63) is 51.0 Å². The van der Waals surface area contributed by atoms with Crippen molar-refractivity contribution in [3.63, 3.8) is 0 Å². The van der Waals surface area contributed by atoms with Gasteiger partial charge in [0, 0.05) is 23.4 Å². The van der Waals surface area contributed by atoms with Crippen molar-refractivity contribution >= 4 is 17.6 Å². The molecule has 0 saturated heterocycles. The minimum Gasteiger partial charge on any atom is -0.478 e. The van der Waals surface area contributed by atoms with E-state index in [2.05, 4.69) is 4.98 Å². The molecule has 0 amide bonds. The Kier molecular flexibility index (Phi) is 4.95. The first-order valence-corrected chi connectivity index (χ1v) is 6.93. The van der Waals surface area contributed by atoms with Crippen LogP contribution >= 0.6 is 11.6 Å². The fraction of sp³-hybridized carbons (Fsp3) is 0.267. The summed E-state index contributed by atoms with van der Waals surface area (Å²) in [5, 5.41) is 10.0. The summed E-state index contributed by atoms with van der Waals surface area (Å²) < 4.78 is 6.23. The second-order valence-corrected chi connectivity index (χ2v) is 5.10. The highest BCUT2D eigenvalue weighted by atomic mass is 35.5. The van der Waals surface area contributed by atoms with Gasteiger partial charge in [-0.15, -0.1) is 0 Å². The molecular formula is C15H15ClN2O4. The standard InChI is InChI=1S/C15H15ClN2O4/c1-9-12(14(19)20)13(10-3-5-11(16)6-4-10)17-15(21)18(9)7-8-22-2/h3-6H,7-8H2,1-2H3,(H,19,20). The molecule has 0 fully saturated rings. The Morgan fingerprint density at radius 1 is 1.36 bits per heavy atom. The number of hydrogen-bond acceptors (Lipinski definition) is 4. The van der Waals surface area contributed by atoms with Crippen LogP contribution < -0.4 is 5.69 Å². The van der Waals surface area contributed by atoms with E-state index in [1.807, 2.05) is 0 Å². The zero-order chi connectivity index (χ0) is 16.3. The van der Waals surface area contributed by atoms with E-state index in [-0.39, 0.29) is 17.8 Å². The molecule has 0 saturated carbocycles. The second kappa shape index (κ2) is 6.72. The molecule has 7 heteroatoms. The van der Waals surface area contributed by atoms with Crippen molar-refractivity contribution in [2.45, 2.75) is 13.5 Å². The number of benzene rings is 1. The normalized spacial score (nSPS) is 10.7. The van der Waals surface area contributed by atoms with E-state index in [1.165, 1.54) is 11.7 Å². The number of ether oxygens (including phenoxy) is 1. The Bertz CT molecular complexity index is 753. The molecule has 6 nitrogen and oxygen atoms in total. The van der Waals surface area contributed by atoms with Crippen LogP contribution in [0.4, 0.5) is 0 Å². The lowest BCUT2D eigenvalue weighted by molar-refractivity contribution is 0.0694. The van der Waals surface area contributed by atoms with Gasteiger partial charge in [-0.05, 0) is 19.1 Å². The zero-order valence-electron chi connectivity index (χ0n) is 12.2. The van der Waals surface area contributed by atoms with Crippen LogP contribution in [0.3, 0.4) is 0 Å². The molecule has 1 aromatic carbocycles. The number of aromatic nitrogens is 2. The third-order valence-corrected chi connectivity index (χ3v) is 3.54. The molecule has 0 atom stereocenters. The zero-order valence-corrected chi connectivity index (χ0v) is 12.9. The van der Waals surface area contributed by atoms with Gasteiger partial charge in [0.15, 0.2) is 0 Å². The van der Waals surface area contributed by atoms with Crippen molar-refractivity contribution in [1.29, 1.82) is 0 Å². The average Bonchev–Trinajstić information content (AvgIpc) is 2.46. The lowest BCUT2D eigenvalue weighted by Crippen LogP contribution is -2.30. The first-order valence-electron chi connectivity index (χ1n) is 6.55. The van der Waals surface area contributed by atoms with E-state index < -0.39 is 11.7 Å². The van der Waals surface area contributed by atoms with Crippen molar-refractivity contribution in [2.75, 3.05) is 13.7 Å². The minimum atomic E-state index is -1.14. The maximum atomic E-state index is 12.2. The van der Waals surface area contributed by atoms with E-state index in [0.717, 1.165) is 0 Å². The van der Waals surface area contributed by atoms with E-state index >= 15 is 0 Å². The van der Waals surface area contributed by atoms with Gasteiger partial charge in [0.2, 0.25) is 0 Å². The molecule has 0 spiro atoms. The second-order valence-electron chi connectivity index (χ2n) is 4.66. The Labute approximate surface area is 131 Å². The number of hydrogen-bond donors (Lipinski definition) is 1. The lowest BCUT2D eigenvalue weighted by atomic mass is 10.0. The third kappa shape index (κ3) is 3.18. The maximum absolute atomic E-state index is 12.2. The number of carboxylic acid groups (broad SMARTS) is 1. The predicted octanol–water partition coefficient (Wildman–Crippen LogP) is 2.22. The van der Waals surface area contributed by atoms with Crippen molar-refractivity contribution in [3.8, 4) is 11.3 Å². The molecule has 1 aromatic heterocycles. The Morgan fingerprint density at radius 3 is 2.55 bits per heavy atom. The quantitative estimate of drug-likeness (QED) is 0.912. The van der Waals surface area contributed by atoms with E-state index in [0.29, 0.717) is 22.9 Å². The van der Waals surface area contributed by atoms with Crippen LogP contribution in [0, 0.1) is 6.92 Å². The summed E-state index contributed by atoms with van der Waals surface area (Å²) in [7, 11) is 1.51. The largest absolute Gasteiger partial charge is 0.478 e. The summed E-state index contributed by atoms with van der Waals surface area (Å²) in [5.41, 5.74) is 0.498. The molecule has 0 aliphatic carbocycles. The van der Waals surface area contributed by atoms with Gasteiger partial charge in [0.25, 0.3) is 0 Å². The number of halogens is 1. The van der Waals surface area contributed by atoms with Crippen LogP contribution in [-0.2, 0) is 11.3 Å². The fourth-order valence-corrected chi connectivity index (χ4v) is 2.31. The van der Waals surface area contributed by atoms with E-state index in [9.17, 15) is 14.7 Å². The Morgan fingerprint density at radius 2 is 2.00 bits per heavy atom. The summed E-state index contributed by atoms with van der Waals surface area (Å²) in [6, 6.07) is 6.51. The molecule has 0 bridgehead atoms. The van der Waals surface area contributed by atoms with Crippen molar-refractivity contribution in [1.82, 2.24) is 9.55 Å². The predicted molar refractivity (Wildman–Crippen MR) is 82.5 cm³/mol. The minimum absolute atomic E-state index is 0.00183. The summed E-state index contributed by atoms with van der Waals surface area (Å²) in [5.74, 6) is -1.14. The topological polar surface area (TPSA) is 81.4 Å². The first-order chi connectivity index (χ1) is 10.5.